The molecular weight excluding hydrogens is 705 g/mol. The number of quaternary nitrogens is 2. The van der Waals surface area contributed by atoms with Crippen molar-refractivity contribution in [2.24, 2.45) is 0 Å². The first-order chi connectivity index (χ1) is 27.4. The van der Waals surface area contributed by atoms with Crippen molar-refractivity contribution in [1.29, 1.82) is 0 Å². The van der Waals surface area contributed by atoms with E-state index in [0.29, 0.717) is 13.2 Å². The van der Waals surface area contributed by atoms with Gasteiger partial charge >= 0.3 is 0 Å². The Morgan fingerprint density at radius 2 is 1.00 bits per heavy atom. The summed E-state index contributed by atoms with van der Waals surface area (Å²) in [7, 11) is 13.3. The lowest BCUT2D eigenvalue weighted by Gasteiger charge is -2.24. The quantitative estimate of drug-likeness (QED) is 0.0467. The van der Waals surface area contributed by atoms with E-state index in [1.54, 1.807) is 0 Å². The van der Waals surface area contributed by atoms with Gasteiger partial charge in [0.15, 0.2) is 0 Å². The van der Waals surface area contributed by atoms with Crippen molar-refractivity contribution in [2.75, 3.05) is 68.6 Å². The molecule has 8 heteroatoms. The zero-order chi connectivity index (χ0) is 40.3. The van der Waals surface area contributed by atoms with Crippen molar-refractivity contribution in [2.45, 2.75) is 84.0 Å². The van der Waals surface area contributed by atoms with Gasteiger partial charge < -0.3 is 38.4 Å². The molecule has 1 aromatic carbocycles. The van der Waals surface area contributed by atoms with Gasteiger partial charge in [-0.25, -0.2) is 0 Å². The number of nitrogens with one attached hydrogen (secondary N) is 4. The van der Waals surface area contributed by atoms with Gasteiger partial charge in [-0.2, -0.15) is 0 Å². The number of ether oxygens (including phenoxy) is 2. The Labute approximate surface area is 341 Å². The highest BCUT2D eigenvalue weighted by molar-refractivity contribution is 5.79. The fraction of sp³-hybridized carbons (Fsp3) is 0.469. The average molecular weight is 775 g/mol. The second kappa shape index (κ2) is 19.7. The van der Waals surface area contributed by atoms with E-state index in [1.807, 2.05) is 6.07 Å². The van der Waals surface area contributed by atoms with Crippen LogP contribution in [0.1, 0.15) is 112 Å². The molecule has 0 amide bonds. The third-order valence-electron chi connectivity index (χ3n) is 10.8. The smallest absolute Gasteiger partial charge is 0.123 e. The Morgan fingerprint density at radius 1 is 0.491 bits per heavy atom. The number of hydrogen-bond acceptors (Lipinski definition) is 2. The lowest BCUT2D eigenvalue weighted by Crippen LogP contribution is -2.36. The van der Waals surface area contributed by atoms with Gasteiger partial charge in [0.2, 0.25) is 0 Å². The van der Waals surface area contributed by atoms with Crippen molar-refractivity contribution in [3.63, 3.8) is 0 Å². The van der Waals surface area contributed by atoms with Gasteiger partial charge in [0.25, 0.3) is 0 Å². The molecule has 0 saturated heterocycles. The van der Waals surface area contributed by atoms with E-state index < -0.39 is 0 Å². The molecule has 0 fully saturated rings. The minimum absolute atomic E-state index is 0.646. The largest absolute Gasteiger partial charge is 0.493 e. The molecule has 8 bridgehead atoms. The number of H-pyrrole nitrogens is 4. The first kappa shape index (κ1) is 42.0. The standard InChI is InChI=1S/C49H70N6O2/c1-8-9-10-11-12-13-14-15-16-19-44-45-24-20-38(50-45)34-40-22-26-47(52-40)49(48-27-23-41(53-48)35-39-21-25-46(44)51-39)37-32-42(56-30-17-28-54(2,3)4)36-43(33-37)57-31-18-29-55(5,6)7/h20-27,32-36,50-53H,8-19,28-31H2,1-7H3/q+2. The van der Waals surface area contributed by atoms with Gasteiger partial charge in [0.1, 0.15) is 11.5 Å². The van der Waals surface area contributed by atoms with Crippen LogP contribution < -0.4 is 30.9 Å². The van der Waals surface area contributed by atoms with Crippen LogP contribution in [0, 0.1) is 0 Å². The monoisotopic (exact) mass is 775 g/mol. The van der Waals surface area contributed by atoms with Crippen LogP contribution in [-0.4, -0.2) is 97.5 Å². The van der Waals surface area contributed by atoms with E-state index in [9.17, 15) is 0 Å². The second-order valence-electron chi connectivity index (χ2n) is 18.2. The highest BCUT2D eigenvalue weighted by Gasteiger charge is 2.16. The van der Waals surface area contributed by atoms with Gasteiger partial charge in [-0.1, -0.05) is 58.3 Å². The molecule has 306 valence electrons. The molecule has 0 unspecified atom stereocenters. The molecule has 5 aromatic rings. The second-order valence-corrected chi connectivity index (χ2v) is 18.2. The van der Waals surface area contributed by atoms with E-state index in [1.165, 1.54) is 74.4 Å². The third-order valence-corrected chi connectivity index (χ3v) is 10.8. The van der Waals surface area contributed by atoms with Crippen LogP contribution >= 0.6 is 0 Å². The zero-order valence-electron chi connectivity index (χ0n) is 36.0. The van der Waals surface area contributed by atoms with Crippen LogP contribution in [0.4, 0.5) is 0 Å². The fourth-order valence-electron chi connectivity index (χ4n) is 7.79. The molecule has 4 N–H and O–H groups in total. The summed E-state index contributed by atoms with van der Waals surface area (Å²) in [4.78, 5) is 15.0. The average Bonchev–Trinajstić information content (AvgIpc) is 3.99. The fourth-order valence-corrected chi connectivity index (χ4v) is 7.79. The van der Waals surface area contributed by atoms with Crippen molar-refractivity contribution < 1.29 is 18.4 Å². The van der Waals surface area contributed by atoms with Gasteiger partial charge in [-0.15, -0.1) is 0 Å². The molecule has 0 spiro atoms. The molecule has 1 aliphatic heterocycles. The van der Waals surface area contributed by atoms with Crippen molar-refractivity contribution in [3.8, 4) is 11.5 Å². The maximum Gasteiger partial charge on any atom is 0.123 e. The molecule has 1 aliphatic rings. The Balaban J connectivity index is 1.33. The van der Waals surface area contributed by atoms with E-state index >= 15 is 0 Å². The number of fused-ring (bicyclic) bond motifs is 8. The van der Waals surface area contributed by atoms with E-state index in [0.717, 1.165) is 97.1 Å². The summed E-state index contributed by atoms with van der Waals surface area (Å²) in [6, 6.07) is 23.9. The number of nitrogens with zero attached hydrogens (tertiary/aromatic N) is 2. The zero-order valence-corrected chi connectivity index (χ0v) is 36.0. The molecule has 4 aromatic heterocycles. The summed E-state index contributed by atoms with van der Waals surface area (Å²) in [5.74, 6) is 1.64. The molecule has 6 rings (SSSR count). The lowest BCUT2D eigenvalue weighted by molar-refractivity contribution is -0.870. The van der Waals surface area contributed by atoms with Gasteiger partial charge in [-0.05, 0) is 96.8 Å². The first-order valence-electron chi connectivity index (χ1n) is 21.6. The maximum atomic E-state index is 6.45. The van der Waals surface area contributed by atoms with Crippen LogP contribution in [0.3, 0.4) is 0 Å². The molecule has 57 heavy (non-hydrogen) atoms. The highest BCUT2D eigenvalue weighted by atomic mass is 16.5. The number of aromatic nitrogens is 4. The summed E-state index contributed by atoms with van der Waals surface area (Å²) >= 11 is 0. The van der Waals surface area contributed by atoms with Crippen molar-refractivity contribution >= 4 is 23.3 Å². The SMILES string of the molecule is CCCCCCCCCCCC1=c2ccc([nH]2)=Cc2ccc([nH]2)C(c2cc(OCCC[N+](C)(C)C)cc(OCCC[N+](C)(C)C)c2)=c2ccc([nH]2)=Cc2ccc1[nH]2. The van der Waals surface area contributed by atoms with E-state index in [4.69, 9.17) is 9.47 Å². The predicted molar refractivity (Wildman–Crippen MR) is 237 cm³/mol. The van der Waals surface area contributed by atoms with E-state index in [2.05, 4.69) is 142 Å². The molecule has 0 saturated carbocycles. The predicted octanol–water partition coefficient (Wildman–Crippen LogP) is 7.29. The number of hydrogen-bond donors (Lipinski definition) is 4. The molecule has 0 atom stereocenters. The molecule has 8 nitrogen and oxygen atoms in total. The summed E-state index contributed by atoms with van der Waals surface area (Å²) < 4.78 is 14.7. The Morgan fingerprint density at radius 3 is 1.58 bits per heavy atom. The Kier molecular flexibility index (Phi) is 14.5. The van der Waals surface area contributed by atoms with Gasteiger partial charge in [0, 0.05) is 68.7 Å². The Bertz CT molecular complexity index is 2230. The third kappa shape index (κ3) is 12.9. The summed E-state index contributed by atoms with van der Waals surface area (Å²) in [6.45, 7) is 5.66. The topological polar surface area (TPSA) is 81.6 Å². The molecule has 5 heterocycles. The van der Waals surface area contributed by atoms with Crippen LogP contribution in [0.2, 0.25) is 0 Å². The number of rotatable bonds is 21. The molecular formula is C49H70N6O2+2. The summed E-state index contributed by atoms with van der Waals surface area (Å²) in [5.41, 5.74) is 7.74. The Hall–Kier alpha value is -4.66. The van der Waals surface area contributed by atoms with Crippen LogP contribution in [0.15, 0.2) is 66.7 Å². The summed E-state index contributed by atoms with van der Waals surface area (Å²) in [6.07, 6.45) is 19.3. The van der Waals surface area contributed by atoms with Gasteiger partial charge in [-0.3, -0.25) is 0 Å². The van der Waals surface area contributed by atoms with Crippen molar-refractivity contribution in [3.05, 3.63) is 116 Å². The maximum absolute atomic E-state index is 6.45. The highest BCUT2D eigenvalue weighted by Crippen LogP contribution is 2.30. The van der Waals surface area contributed by atoms with Crippen LogP contribution in [0.25, 0.3) is 23.3 Å². The molecule has 0 aliphatic carbocycles. The lowest BCUT2D eigenvalue weighted by atomic mass is 10.0. The minimum Gasteiger partial charge on any atom is -0.493 e. The summed E-state index contributed by atoms with van der Waals surface area (Å²) in [5, 5.41) is 4.31. The number of aromatic amines is 4. The van der Waals surface area contributed by atoms with Crippen LogP contribution in [-0.2, 0) is 0 Å². The minimum atomic E-state index is 0.646. The van der Waals surface area contributed by atoms with E-state index in [-0.39, 0.29) is 0 Å². The first-order valence-corrected chi connectivity index (χ1v) is 21.6. The number of benzene rings is 1. The normalized spacial score (nSPS) is 13.1. The van der Waals surface area contributed by atoms with Gasteiger partial charge in [0.05, 0.1) is 68.6 Å². The number of unbranched alkanes of at least 4 members (excludes halogenated alkanes) is 8. The van der Waals surface area contributed by atoms with Crippen molar-refractivity contribution in [1.82, 2.24) is 19.9 Å². The molecule has 0 radical (unpaired) electrons. The van der Waals surface area contributed by atoms with Crippen LogP contribution in [0.5, 0.6) is 11.5 Å².